The Hall–Kier alpha value is -2.88. The SMILES string of the molecule is COc1ccc(S(=O)(=O)Nc2ccccc2-c2c(C)c(C)c(S(N)(=O)=O)c(C)c2C)cc1. The van der Waals surface area contributed by atoms with Crippen molar-refractivity contribution in [2.75, 3.05) is 11.8 Å². The summed E-state index contributed by atoms with van der Waals surface area (Å²) >= 11 is 0. The number of rotatable bonds is 6. The van der Waals surface area contributed by atoms with Crippen LogP contribution in [-0.4, -0.2) is 23.9 Å². The molecule has 0 unspecified atom stereocenters. The van der Waals surface area contributed by atoms with Crippen LogP contribution < -0.4 is 14.6 Å². The minimum Gasteiger partial charge on any atom is -0.497 e. The van der Waals surface area contributed by atoms with E-state index in [-0.39, 0.29) is 9.79 Å². The molecule has 0 saturated heterocycles. The molecule has 3 N–H and O–H groups in total. The Morgan fingerprint density at radius 3 is 1.81 bits per heavy atom. The second-order valence-electron chi connectivity index (χ2n) is 7.58. The van der Waals surface area contributed by atoms with Crippen LogP contribution in [0.3, 0.4) is 0 Å². The van der Waals surface area contributed by atoms with Gasteiger partial charge in [-0.05, 0) is 85.8 Å². The maximum atomic E-state index is 13.0. The number of hydrogen-bond acceptors (Lipinski definition) is 5. The molecule has 0 amide bonds. The summed E-state index contributed by atoms with van der Waals surface area (Å²) in [6.45, 7) is 7.02. The van der Waals surface area contributed by atoms with Gasteiger partial charge in [0, 0.05) is 5.56 Å². The smallest absolute Gasteiger partial charge is 0.261 e. The topological polar surface area (TPSA) is 116 Å². The lowest BCUT2D eigenvalue weighted by atomic mass is 9.89. The third-order valence-electron chi connectivity index (χ3n) is 5.65. The fourth-order valence-electron chi connectivity index (χ4n) is 3.86. The number of nitrogens with one attached hydrogen (secondary N) is 1. The zero-order chi connectivity index (χ0) is 23.8. The summed E-state index contributed by atoms with van der Waals surface area (Å²) in [5.74, 6) is 0.552. The van der Waals surface area contributed by atoms with Gasteiger partial charge in [0.2, 0.25) is 10.0 Å². The first-order valence-electron chi connectivity index (χ1n) is 9.78. The molecule has 9 heteroatoms. The molecule has 0 aliphatic rings. The summed E-state index contributed by atoms with van der Waals surface area (Å²) in [6, 6.07) is 13.1. The van der Waals surface area contributed by atoms with E-state index in [1.54, 1.807) is 64.1 Å². The highest BCUT2D eigenvalue weighted by molar-refractivity contribution is 7.92. The Bertz CT molecular complexity index is 1370. The van der Waals surface area contributed by atoms with Crippen molar-refractivity contribution in [1.29, 1.82) is 0 Å². The molecule has 0 bridgehead atoms. The van der Waals surface area contributed by atoms with Gasteiger partial charge in [0.25, 0.3) is 10.0 Å². The lowest BCUT2D eigenvalue weighted by Gasteiger charge is -2.21. The van der Waals surface area contributed by atoms with Crippen LogP contribution in [0.4, 0.5) is 5.69 Å². The van der Waals surface area contributed by atoms with Gasteiger partial charge in [0.1, 0.15) is 5.75 Å². The normalized spacial score (nSPS) is 11.9. The first-order valence-corrected chi connectivity index (χ1v) is 12.8. The van der Waals surface area contributed by atoms with E-state index < -0.39 is 20.0 Å². The molecule has 0 radical (unpaired) electrons. The van der Waals surface area contributed by atoms with Crippen LogP contribution in [0.5, 0.6) is 5.75 Å². The molecular formula is C23H26N2O5S2. The number of para-hydroxylation sites is 1. The number of primary sulfonamides is 1. The predicted octanol–water partition coefficient (Wildman–Crippen LogP) is 4.04. The Morgan fingerprint density at radius 2 is 1.31 bits per heavy atom. The summed E-state index contributed by atoms with van der Waals surface area (Å²) in [5, 5.41) is 5.45. The number of methoxy groups -OCH3 is 1. The van der Waals surface area contributed by atoms with Gasteiger partial charge in [-0.25, -0.2) is 22.0 Å². The molecule has 32 heavy (non-hydrogen) atoms. The number of hydrogen-bond donors (Lipinski definition) is 2. The van der Waals surface area contributed by atoms with Crippen LogP contribution in [-0.2, 0) is 20.0 Å². The minimum absolute atomic E-state index is 0.0958. The molecule has 3 aromatic rings. The van der Waals surface area contributed by atoms with Gasteiger partial charge < -0.3 is 4.74 Å². The van der Waals surface area contributed by atoms with Crippen LogP contribution in [0.2, 0.25) is 0 Å². The van der Waals surface area contributed by atoms with Crippen molar-refractivity contribution in [1.82, 2.24) is 0 Å². The van der Waals surface area contributed by atoms with Gasteiger partial charge >= 0.3 is 0 Å². The van der Waals surface area contributed by atoms with E-state index in [0.29, 0.717) is 39.3 Å². The molecule has 0 fully saturated rings. The number of benzene rings is 3. The number of nitrogens with two attached hydrogens (primary N) is 1. The van der Waals surface area contributed by atoms with Crippen molar-refractivity contribution in [2.45, 2.75) is 37.5 Å². The second-order valence-corrected chi connectivity index (χ2v) is 10.8. The van der Waals surface area contributed by atoms with Crippen molar-refractivity contribution in [3.05, 3.63) is 70.8 Å². The van der Waals surface area contributed by atoms with Crippen LogP contribution in [0.25, 0.3) is 11.1 Å². The zero-order valence-electron chi connectivity index (χ0n) is 18.6. The van der Waals surface area contributed by atoms with Gasteiger partial charge in [-0.15, -0.1) is 0 Å². The van der Waals surface area contributed by atoms with Gasteiger partial charge in [0.05, 0.1) is 22.6 Å². The molecule has 0 aliphatic heterocycles. The molecule has 3 aromatic carbocycles. The van der Waals surface area contributed by atoms with Gasteiger partial charge in [0.15, 0.2) is 0 Å². The monoisotopic (exact) mass is 474 g/mol. The van der Waals surface area contributed by atoms with Crippen molar-refractivity contribution >= 4 is 25.7 Å². The highest BCUT2D eigenvalue weighted by Crippen LogP contribution is 2.39. The Balaban J connectivity index is 2.17. The zero-order valence-corrected chi connectivity index (χ0v) is 20.2. The molecule has 3 rings (SSSR count). The average molecular weight is 475 g/mol. The van der Waals surface area contributed by atoms with Crippen molar-refractivity contribution in [3.63, 3.8) is 0 Å². The molecule has 0 heterocycles. The fraction of sp³-hybridized carbons (Fsp3) is 0.217. The van der Waals surface area contributed by atoms with Gasteiger partial charge in [-0.3, -0.25) is 4.72 Å². The standard InChI is InChI=1S/C23H26N2O5S2/c1-14-16(3)23(31(24,26)27)17(4)15(2)22(14)20-8-6-7-9-21(20)25-32(28,29)19-12-10-18(30-5)11-13-19/h6-13,25H,1-5H3,(H2,24,26,27). The largest absolute Gasteiger partial charge is 0.497 e. The third kappa shape index (κ3) is 4.36. The number of ether oxygens (including phenoxy) is 1. The summed E-state index contributed by atoms with van der Waals surface area (Å²) < 4.78 is 58.1. The summed E-state index contributed by atoms with van der Waals surface area (Å²) in [5.41, 5.74) is 4.31. The van der Waals surface area contributed by atoms with E-state index in [2.05, 4.69) is 4.72 Å². The maximum Gasteiger partial charge on any atom is 0.261 e. The molecule has 0 atom stereocenters. The van der Waals surface area contributed by atoms with E-state index in [1.807, 2.05) is 0 Å². The van der Waals surface area contributed by atoms with E-state index >= 15 is 0 Å². The van der Waals surface area contributed by atoms with E-state index in [4.69, 9.17) is 9.88 Å². The van der Waals surface area contributed by atoms with E-state index in [9.17, 15) is 16.8 Å². The van der Waals surface area contributed by atoms with Crippen molar-refractivity contribution in [3.8, 4) is 16.9 Å². The Labute approximate surface area is 189 Å². The highest BCUT2D eigenvalue weighted by atomic mass is 32.2. The molecule has 0 spiro atoms. The summed E-state index contributed by atoms with van der Waals surface area (Å²) in [7, 11) is -6.27. The molecule has 0 aliphatic carbocycles. The van der Waals surface area contributed by atoms with Crippen LogP contribution in [0.15, 0.2) is 58.3 Å². The lowest BCUT2D eigenvalue weighted by Crippen LogP contribution is -2.18. The fourth-order valence-corrected chi connectivity index (χ4v) is 6.10. The Kier molecular flexibility index (Phi) is 6.37. The van der Waals surface area contributed by atoms with Crippen LogP contribution in [0, 0.1) is 27.7 Å². The summed E-state index contributed by atoms with van der Waals surface area (Å²) in [6.07, 6.45) is 0. The molecular weight excluding hydrogens is 448 g/mol. The van der Waals surface area contributed by atoms with Crippen LogP contribution in [0.1, 0.15) is 22.3 Å². The second kappa shape index (κ2) is 8.57. The highest BCUT2D eigenvalue weighted by Gasteiger charge is 2.24. The first-order chi connectivity index (χ1) is 14.9. The number of anilines is 1. The lowest BCUT2D eigenvalue weighted by molar-refractivity contribution is 0.414. The molecule has 0 aromatic heterocycles. The van der Waals surface area contributed by atoms with Crippen molar-refractivity contribution in [2.24, 2.45) is 5.14 Å². The molecule has 7 nitrogen and oxygen atoms in total. The summed E-state index contributed by atoms with van der Waals surface area (Å²) in [4.78, 5) is 0.200. The molecule has 170 valence electrons. The maximum absolute atomic E-state index is 13.0. The molecule has 0 saturated carbocycles. The minimum atomic E-state index is -3.91. The van der Waals surface area contributed by atoms with E-state index in [0.717, 1.165) is 5.56 Å². The van der Waals surface area contributed by atoms with Gasteiger partial charge in [-0.2, -0.15) is 0 Å². The quantitative estimate of drug-likeness (QED) is 0.559. The van der Waals surface area contributed by atoms with Crippen LogP contribution >= 0.6 is 0 Å². The third-order valence-corrected chi connectivity index (χ3v) is 8.21. The average Bonchev–Trinajstić information content (AvgIpc) is 2.72. The Morgan fingerprint density at radius 1 is 0.781 bits per heavy atom. The first kappa shape index (κ1) is 23.8. The van der Waals surface area contributed by atoms with E-state index in [1.165, 1.54) is 19.2 Å². The van der Waals surface area contributed by atoms with Gasteiger partial charge in [-0.1, -0.05) is 18.2 Å². The van der Waals surface area contributed by atoms with Crippen molar-refractivity contribution < 1.29 is 21.6 Å². The number of sulfonamides is 2. The predicted molar refractivity (Wildman–Crippen MR) is 126 cm³/mol.